The van der Waals surface area contributed by atoms with E-state index in [1.807, 2.05) is 20.8 Å². The summed E-state index contributed by atoms with van der Waals surface area (Å²) in [6.45, 7) is 7.38. The average molecular weight is 472 g/mol. The van der Waals surface area contributed by atoms with Gasteiger partial charge in [-0.3, -0.25) is 9.59 Å². The van der Waals surface area contributed by atoms with Crippen molar-refractivity contribution in [2.24, 2.45) is 11.8 Å². The Morgan fingerprint density at radius 1 is 1.18 bits per heavy atom. The van der Waals surface area contributed by atoms with Crippen molar-refractivity contribution in [1.29, 1.82) is 0 Å². The summed E-state index contributed by atoms with van der Waals surface area (Å²) in [5.41, 5.74) is 2.58. The van der Waals surface area contributed by atoms with Crippen LogP contribution in [0, 0.1) is 11.8 Å². The minimum absolute atomic E-state index is 0.258. The molecule has 1 aliphatic heterocycles. The van der Waals surface area contributed by atoms with Crippen LogP contribution in [0.4, 0.5) is 0 Å². The van der Waals surface area contributed by atoms with Gasteiger partial charge in [0, 0.05) is 28.6 Å². The summed E-state index contributed by atoms with van der Waals surface area (Å²) in [4.78, 5) is 39.7. The predicted octanol–water partition coefficient (Wildman–Crippen LogP) is 3.66. The number of dihydropyridines is 1. The Morgan fingerprint density at radius 3 is 2.47 bits per heavy atom. The van der Waals surface area contributed by atoms with Gasteiger partial charge in [0.25, 0.3) is 0 Å². The minimum atomic E-state index is -0.956. The molecule has 3 rings (SSSR count). The highest BCUT2D eigenvalue weighted by Crippen LogP contribution is 2.48. The highest BCUT2D eigenvalue weighted by molar-refractivity contribution is 6.12. The zero-order valence-electron chi connectivity index (χ0n) is 20.8. The molecule has 184 valence electrons. The van der Waals surface area contributed by atoms with Gasteiger partial charge < -0.3 is 24.3 Å². The van der Waals surface area contributed by atoms with Gasteiger partial charge in [0.15, 0.2) is 5.78 Å². The van der Waals surface area contributed by atoms with Crippen molar-refractivity contribution in [2.45, 2.75) is 52.6 Å². The number of carbonyl (C=O) groups is 3. The van der Waals surface area contributed by atoms with Crippen LogP contribution in [0.15, 0.2) is 40.7 Å². The van der Waals surface area contributed by atoms with Crippen molar-refractivity contribution < 1.29 is 33.3 Å². The Labute approximate surface area is 200 Å². The lowest BCUT2D eigenvalue weighted by molar-refractivity contribution is -0.151. The maximum atomic E-state index is 13.8. The van der Waals surface area contributed by atoms with Crippen LogP contribution >= 0.6 is 0 Å². The summed E-state index contributed by atoms with van der Waals surface area (Å²) in [7, 11) is 4.34. The van der Waals surface area contributed by atoms with Crippen LogP contribution in [0.1, 0.15) is 52.0 Å². The van der Waals surface area contributed by atoms with E-state index in [4.69, 9.17) is 18.9 Å². The molecular weight excluding hydrogens is 438 g/mol. The number of ether oxygens (including phenoxy) is 4. The van der Waals surface area contributed by atoms with Gasteiger partial charge in [-0.1, -0.05) is 19.9 Å². The SMILES string of the molecule is CC[C@@H](C)OC(=O)C1=C(C)NC2=C(C(=O)[C@H](C(=O)OC)[C@H](C)C2)[C@@H]1c1ccc(OC)cc1OC. The summed E-state index contributed by atoms with van der Waals surface area (Å²) in [5.74, 6) is -2.43. The average Bonchev–Trinajstić information content (AvgIpc) is 2.82. The van der Waals surface area contributed by atoms with Crippen molar-refractivity contribution in [3.8, 4) is 11.5 Å². The number of ketones is 1. The molecule has 0 saturated heterocycles. The Morgan fingerprint density at radius 2 is 1.88 bits per heavy atom. The van der Waals surface area contributed by atoms with E-state index in [0.717, 1.165) is 0 Å². The fourth-order valence-electron chi connectivity index (χ4n) is 4.65. The number of rotatable bonds is 7. The van der Waals surface area contributed by atoms with E-state index in [0.29, 0.717) is 52.4 Å². The van der Waals surface area contributed by atoms with Crippen LogP contribution in [-0.2, 0) is 23.9 Å². The normalized spacial score (nSPS) is 23.0. The van der Waals surface area contributed by atoms with Gasteiger partial charge in [-0.15, -0.1) is 0 Å². The third-order valence-electron chi connectivity index (χ3n) is 6.60. The number of carbonyl (C=O) groups excluding carboxylic acids is 3. The van der Waals surface area contributed by atoms with E-state index in [9.17, 15) is 14.4 Å². The second-order valence-corrected chi connectivity index (χ2v) is 8.77. The number of hydrogen-bond donors (Lipinski definition) is 1. The molecule has 0 bridgehead atoms. The quantitative estimate of drug-likeness (QED) is 0.475. The summed E-state index contributed by atoms with van der Waals surface area (Å²) < 4.78 is 21.6. The lowest BCUT2D eigenvalue weighted by atomic mass is 9.69. The molecule has 1 N–H and O–H groups in total. The molecule has 8 heteroatoms. The monoisotopic (exact) mass is 471 g/mol. The fourth-order valence-corrected chi connectivity index (χ4v) is 4.65. The summed E-state index contributed by atoms with van der Waals surface area (Å²) in [6, 6.07) is 5.24. The molecule has 1 aromatic carbocycles. The molecule has 0 aromatic heterocycles. The molecule has 1 aliphatic carbocycles. The predicted molar refractivity (Wildman–Crippen MR) is 125 cm³/mol. The Kier molecular flexibility index (Phi) is 7.69. The van der Waals surface area contributed by atoms with Crippen LogP contribution in [0.5, 0.6) is 11.5 Å². The minimum Gasteiger partial charge on any atom is -0.497 e. The lowest BCUT2D eigenvalue weighted by Crippen LogP contribution is -2.43. The zero-order chi connectivity index (χ0) is 25.2. The smallest absolute Gasteiger partial charge is 0.337 e. The standard InChI is InChI=1S/C26H33NO7/c1-8-14(3)34-26(30)21-15(4)27-18-11-13(2)20(25(29)33-7)24(28)23(18)22(21)17-10-9-16(31-5)12-19(17)32-6/h9-10,12-14,20,22,27H,8,11H2,1-7H3/t13-,14-,20-,22-/m1/s1. The van der Waals surface area contributed by atoms with Gasteiger partial charge in [-0.05, 0) is 38.7 Å². The van der Waals surface area contributed by atoms with Gasteiger partial charge in [0.2, 0.25) is 0 Å². The molecule has 0 saturated carbocycles. The van der Waals surface area contributed by atoms with Crippen LogP contribution in [-0.4, -0.2) is 45.2 Å². The second-order valence-electron chi connectivity index (χ2n) is 8.77. The fraction of sp³-hybridized carbons (Fsp3) is 0.500. The molecular formula is C26H33NO7. The number of Topliss-reactive ketones (excluding diaryl/α,β-unsaturated/α-hetero) is 1. The molecule has 0 amide bonds. The third-order valence-corrected chi connectivity index (χ3v) is 6.60. The second kappa shape index (κ2) is 10.3. The maximum absolute atomic E-state index is 13.8. The molecule has 4 atom stereocenters. The molecule has 8 nitrogen and oxygen atoms in total. The number of methoxy groups -OCH3 is 3. The molecule has 0 fully saturated rings. The van der Waals surface area contributed by atoms with Crippen LogP contribution in [0.2, 0.25) is 0 Å². The lowest BCUT2D eigenvalue weighted by Gasteiger charge is -2.38. The highest BCUT2D eigenvalue weighted by atomic mass is 16.5. The van der Waals surface area contributed by atoms with Gasteiger partial charge in [-0.25, -0.2) is 4.79 Å². The van der Waals surface area contributed by atoms with Crippen LogP contribution < -0.4 is 14.8 Å². The van der Waals surface area contributed by atoms with Crippen LogP contribution in [0.25, 0.3) is 0 Å². The Hall–Kier alpha value is -3.29. The molecule has 1 heterocycles. The van der Waals surface area contributed by atoms with Gasteiger partial charge in [0.05, 0.1) is 38.9 Å². The van der Waals surface area contributed by atoms with Gasteiger partial charge in [0.1, 0.15) is 17.4 Å². The van der Waals surface area contributed by atoms with E-state index in [1.165, 1.54) is 14.2 Å². The molecule has 1 aromatic rings. The van der Waals surface area contributed by atoms with Crippen molar-refractivity contribution in [1.82, 2.24) is 5.32 Å². The van der Waals surface area contributed by atoms with E-state index in [2.05, 4.69) is 5.32 Å². The Balaban J connectivity index is 2.24. The summed E-state index contributed by atoms with van der Waals surface area (Å²) in [6.07, 6.45) is 0.809. The molecule has 0 radical (unpaired) electrons. The summed E-state index contributed by atoms with van der Waals surface area (Å²) >= 11 is 0. The number of hydrogen-bond acceptors (Lipinski definition) is 8. The maximum Gasteiger partial charge on any atom is 0.337 e. The topological polar surface area (TPSA) is 100 Å². The van der Waals surface area contributed by atoms with E-state index >= 15 is 0 Å². The first-order valence-electron chi connectivity index (χ1n) is 11.4. The van der Waals surface area contributed by atoms with Gasteiger partial charge >= 0.3 is 11.9 Å². The third kappa shape index (κ3) is 4.54. The van der Waals surface area contributed by atoms with Crippen molar-refractivity contribution >= 4 is 17.7 Å². The molecule has 2 aliphatic rings. The van der Waals surface area contributed by atoms with Crippen molar-refractivity contribution in [2.75, 3.05) is 21.3 Å². The Bertz CT molecular complexity index is 1060. The zero-order valence-corrected chi connectivity index (χ0v) is 20.8. The van der Waals surface area contributed by atoms with Crippen molar-refractivity contribution in [3.63, 3.8) is 0 Å². The highest BCUT2D eigenvalue weighted by Gasteiger charge is 2.48. The summed E-state index contributed by atoms with van der Waals surface area (Å²) in [5, 5.41) is 3.26. The van der Waals surface area contributed by atoms with Gasteiger partial charge in [-0.2, -0.15) is 0 Å². The van der Waals surface area contributed by atoms with E-state index in [-0.39, 0.29) is 17.8 Å². The largest absolute Gasteiger partial charge is 0.497 e. The number of benzene rings is 1. The molecule has 34 heavy (non-hydrogen) atoms. The number of esters is 2. The van der Waals surface area contributed by atoms with E-state index < -0.39 is 23.8 Å². The first-order chi connectivity index (χ1) is 16.2. The van der Waals surface area contributed by atoms with Crippen LogP contribution in [0.3, 0.4) is 0 Å². The molecule has 0 unspecified atom stereocenters. The number of allylic oxidation sites excluding steroid dienone is 3. The molecule has 0 spiro atoms. The van der Waals surface area contributed by atoms with Crippen molar-refractivity contribution in [3.05, 3.63) is 46.3 Å². The number of nitrogens with one attached hydrogen (secondary N) is 1. The first kappa shape index (κ1) is 25.3. The first-order valence-corrected chi connectivity index (χ1v) is 11.4. The van der Waals surface area contributed by atoms with E-state index in [1.54, 1.807) is 32.2 Å².